The van der Waals surface area contributed by atoms with Crippen LogP contribution in [0.2, 0.25) is 0 Å². The molecule has 0 radical (unpaired) electrons. The Morgan fingerprint density at radius 3 is 2.67 bits per heavy atom. The summed E-state index contributed by atoms with van der Waals surface area (Å²) in [5.41, 5.74) is 0.970. The van der Waals surface area contributed by atoms with Crippen molar-refractivity contribution in [3.8, 4) is 0 Å². The van der Waals surface area contributed by atoms with E-state index >= 15 is 0 Å². The summed E-state index contributed by atoms with van der Waals surface area (Å²) in [7, 11) is 3.74. The molecule has 0 fully saturated rings. The van der Waals surface area contributed by atoms with Crippen LogP contribution in [0.4, 0.5) is 5.82 Å². The predicted molar refractivity (Wildman–Crippen MR) is 73.8 cm³/mol. The molecule has 5 nitrogen and oxygen atoms in total. The summed E-state index contributed by atoms with van der Waals surface area (Å²) >= 11 is 0. The zero-order valence-corrected chi connectivity index (χ0v) is 11.8. The van der Waals surface area contributed by atoms with Gasteiger partial charge in [-0.2, -0.15) is 5.10 Å². The van der Waals surface area contributed by atoms with Gasteiger partial charge in [-0.1, -0.05) is 13.8 Å². The number of nitrogens with one attached hydrogen (secondary N) is 1. The second-order valence-corrected chi connectivity index (χ2v) is 4.69. The Labute approximate surface area is 110 Å². The quantitative estimate of drug-likeness (QED) is 0.710. The molecule has 1 rings (SSSR count). The summed E-state index contributed by atoms with van der Waals surface area (Å²) in [5, 5.41) is 11.8. The van der Waals surface area contributed by atoms with E-state index in [-0.39, 0.29) is 0 Å². The third kappa shape index (κ3) is 5.42. The number of hydrogen-bond donors (Lipinski definition) is 1. The largest absolute Gasteiger partial charge is 0.385 e. The first-order valence-corrected chi connectivity index (χ1v) is 6.39. The first-order valence-electron chi connectivity index (χ1n) is 6.39. The minimum Gasteiger partial charge on any atom is -0.385 e. The monoisotopic (exact) mass is 252 g/mol. The molecular weight excluding hydrogens is 228 g/mol. The highest BCUT2D eigenvalue weighted by atomic mass is 16.5. The molecule has 1 N–H and O–H groups in total. The molecule has 0 aliphatic rings. The molecule has 0 aromatic carbocycles. The fraction of sp³-hybridized carbons (Fsp3) is 0.692. The Bertz CT molecular complexity index is 326. The minimum absolute atomic E-state index is 0.461. The maximum absolute atomic E-state index is 5.03. The molecule has 1 aromatic rings. The van der Waals surface area contributed by atoms with Gasteiger partial charge in [0.05, 0.1) is 5.69 Å². The predicted octanol–water partition coefficient (Wildman–Crippen LogP) is 1.45. The molecule has 0 saturated carbocycles. The third-order valence-electron chi connectivity index (χ3n) is 2.63. The molecule has 1 heterocycles. The van der Waals surface area contributed by atoms with Crippen LogP contribution in [0.5, 0.6) is 0 Å². The van der Waals surface area contributed by atoms with Gasteiger partial charge in [-0.3, -0.25) is 0 Å². The van der Waals surface area contributed by atoms with Crippen LogP contribution in [0.25, 0.3) is 0 Å². The lowest BCUT2D eigenvalue weighted by Crippen LogP contribution is -2.24. The highest BCUT2D eigenvalue weighted by Gasteiger charge is 2.03. The number of anilines is 1. The van der Waals surface area contributed by atoms with E-state index in [2.05, 4.69) is 34.3 Å². The lowest BCUT2D eigenvalue weighted by Gasteiger charge is -2.17. The Balaban J connectivity index is 2.43. The van der Waals surface area contributed by atoms with Gasteiger partial charge < -0.3 is 15.0 Å². The van der Waals surface area contributed by atoms with Crippen molar-refractivity contribution in [3.05, 3.63) is 17.8 Å². The van der Waals surface area contributed by atoms with Crippen molar-refractivity contribution in [2.24, 2.45) is 0 Å². The van der Waals surface area contributed by atoms with Crippen LogP contribution in [-0.2, 0) is 11.3 Å². The van der Waals surface area contributed by atoms with Gasteiger partial charge in [-0.25, -0.2) is 0 Å². The van der Waals surface area contributed by atoms with Crippen molar-refractivity contribution < 1.29 is 4.74 Å². The molecule has 0 spiro atoms. The maximum Gasteiger partial charge on any atom is 0.150 e. The van der Waals surface area contributed by atoms with Crippen LogP contribution in [0.3, 0.4) is 0 Å². The van der Waals surface area contributed by atoms with Crippen molar-refractivity contribution in [2.75, 3.05) is 32.2 Å². The fourth-order valence-corrected chi connectivity index (χ4v) is 1.52. The van der Waals surface area contributed by atoms with E-state index in [4.69, 9.17) is 4.74 Å². The average molecular weight is 252 g/mol. The number of ether oxygens (including phenoxy) is 1. The molecule has 0 amide bonds. The molecule has 0 aliphatic heterocycles. The Kier molecular flexibility index (Phi) is 6.60. The molecule has 0 saturated heterocycles. The molecule has 102 valence electrons. The van der Waals surface area contributed by atoms with E-state index in [0.29, 0.717) is 6.04 Å². The van der Waals surface area contributed by atoms with Gasteiger partial charge in [0, 0.05) is 39.9 Å². The van der Waals surface area contributed by atoms with Gasteiger partial charge in [-0.05, 0) is 18.6 Å². The normalized spacial score (nSPS) is 10.9. The van der Waals surface area contributed by atoms with Crippen molar-refractivity contribution in [3.63, 3.8) is 0 Å². The van der Waals surface area contributed by atoms with E-state index in [1.165, 1.54) is 0 Å². The second-order valence-electron chi connectivity index (χ2n) is 4.69. The smallest absolute Gasteiger partial charge is 0.150 e. The molecule has 0 aliphatic carbocycles. The summed E-state index contributed by atoms with van der Waals surface area (Å²) in [6, 6.07) is 4.49. The molecule has 0 unspecified atom stereocenters. The molecule has 18 heavy (non-hydrogen) atoms. The van der Waals surface area contributed by atoms with Gasteiger partial charge in [0.1, 0.15) is 0 Å². The minimum atomic E-state index is 0.461. The van der Waals surface area contributed by atoms with Crippen LogP contribution in [-0.4, -0.2) is 43.5 Å². The second kappa shape index (κ2) is 8.00. The number of nitrogens with zero attached hydrogens (tertiary/aromatic N) is 3. The fourth-order valence-electron chi connectivity index (χ4n) is 1.52. The topological polar surface area (TPSA) is 50.3 Å². The van der Waals surface area contributed by atoms with Gasteiger partial charge >= 0.3 is 0 Å². The van der Waals surface area contributed by atoms with E-state index in [1.54, 1.807) is 7.11 Å². The van der Waals surface area contributed by atoms with E-state index in [1.807, 2.05) is 19.2 Å². The van der Waals surface area contributed by atoms with E-state index in [0.717, 1.165) is 37.6 Å². The molecule has 1 aromatic heterocycles. The standard InChI is InChI=1S/C13H24N4O/c1-11(2)14-10-12-6-7-13(16-15-12)17(3)8-5-9-18-4/h6-7,11,14H,5,8-10H2,1-4H3. The van der Waals surface area contributed by atoms with Crippen LogP contribution >= 0.6 is 0 Å². The Morgan fingerprint density at radius 2 is 2.11 bits per heavy atom. The molecule has 5 heteroatoms. The first kappa shape index (κ1) is 14.9. The summed E-state index contributed by atoms with van der Waals surface area (Å²) < 4.78 is 5.03. The number of aromatic nitrogens is 2. The number of hydrogen-bond acceptors (Lipinski definition) is 5. The number of methoxy groups -OCH3 is 1. The highest BCUT2D eigenvalue weighted by Crippen LogP contribution is 2.07. The lowest BCUT2D eigenvalue weighted by atomic mass is 10.3. The first-order chi connectivity index (χ1) is 8.63. The molecule has 0 bridgehead atoms. The van der Waals surface area contributed by atoms with Crippen LogP contribution < -0.4 is 10.2 Å². The summed E-state index contributed by atoms with van der Waals surface area (Å²) in [4.78, 5) is 2.09. The van der Waals surface area contributed by atoms with Gasteiger partial charge in [-0.15, -0.1) is 5.10 Å². The summed E-state index contributed by atoms with van der Waals surface area (Å²) in [6.45, 7) is 6.69. The summed E-state index contributed by atoms with van der Waals surface area (Å²) in [6.07, 6.45) is 0.991. The highest BCUT2D eigenvalue weighted by molar-refractivity contribution is 5.35. The van der Waals surface area contributed by atoms with Crippen molar-refractivity contribution in [1.82, 2.24) is 15.5 Å². The third-order valence-corrected chi connectivity index (χ3v) is 2.63. The van der Waals surface area contributed by atoms with Crippen molar-refractivity contribution in [1.29, 1.82) is 0 Å². The van der Waals surface area contributed by atoms with E-state index in [9.17, 15) is 0 Å². The molecule has 0 atom stereocenters. The maximum atomic E-state index is 5.03. The zero-order valence-electron chi connectivity index (χ0n) is 11.8. The SMILES string of the molecule is COCCCN(C)c1ccc(CNC(C)C)nn1. The Hall–Kier alpha value is -1.20. The van der Waals surface area contributed by atoms with Crippen LogP contribution in [0.1, 0.15) is 26.0 Å². The average Bonchev–Trinajstić information content (AvgIpc) is 2.37. The number of rotatable bonds is 8. The van der Waals surface area contributed by atoms with Crippen LogP contribution in [0.15, 0.2) is 12.1 Å². The van der Waals surface area contributed by atoms with Gasteiger partial charge in [0.25, 0.3) is 0 Å². The van der Waals surface area contributed by atoms with E-state index < -0.39 is 0 Å². The van der Waals surface area contributed by atoms with Crippen LogP contribution in [0, 0.1) is 0 Å². The lowest BCUT2D eigenvalue weighted by molar-refractivity contribution is 0.196. The van der Waals surface area contributed by atoms with Gasteiger partial charge in [0.15, 0.2) is 5.82 Å². The summed E-state index contributed by atoms with van der Waals surface area (Å²) in [5.74, 6) is 0.902. The van der Waals surface area contributed by atoms with Gasteiger partial charge in [0.2, 0.25) is 0 Å². The van der Waals surface area contributed by atoms with Crippen molar-refractivity contribution >= 4 is 5.82 Å². The zero-order chi connectivity index (χ0) is 13.4. The molecular formula is C13H24N4O. The Morgan fingerprint density at radius 1 is 1.33 bits per heavy atom. The van der Waals surface area contributed by atoms with Crippen molar-refractivity contribution in [2.45, 2.75) is 32.9 Å².